The van der Waals surface area contributed by atoms with Crippen molar-refractivity contribution in [2.24, 2.45) is 0 Å². The summed E-state index contributed by atoms with van der Waals surface area (Å²) in [6, 6.07) is 11.3. The van der Waals surface area contributed by atoms with Crippen molar-refractivity contribution >= 4 is 16.9 Å². The first-order chi connectivity index (χ1) is 11.8. The molecule has 1 aromatic carbocycles. The van der Waals surface area contributed by atoms with Crippen LogP contribution in [0, 0.1) is 0 Å². The van der Waals surface area contributed by atoms with Gasteiger partial charge in [-0.15, -0.1) is 5.10 Å². The quantitative estimate of drug-likeness (QED) is 0.624. The standard InChI is InChI=1S/C17H13N5O2/c23-17(15-10-22(21-20-15)13-4-3-7-18-9-13)19-8-12-11-24-16-6-2-1-5-14(12)16/h1-7,9-11H,8H2,(H,19,23). The number of fused-ring (bicyclic) bond motifs is 1. The normalized spacial score (nSPS) is 10.8. The van der Waals surface area contributed by atoms with Crippen molar-refractivity contribution in [2.45, 2.75) is 6.54 Å². The predicted octanol–water partition coefficient (Wildman–Crippen LogP) is 2.34. The van der Waals surface area contributed by atoms with Gasteiger partial charge >= 0.3 is 0 Å². The Morgan fingerprint density at radius 3 is 3.00 bits per heavy atom. The monoisotopic (exact) mass is 319 g/mol. The van der Waals surface area contributed by atoms with Crippen LogP contribution in [0.1, 0.15) is 16.1 Å². The molecule has 0 aliphatic heterocycles. The molecule has 0 aliphatic carbocycles. The average molecular weight is 319 g/mol. The zero-order valence-corrected chi connectivity index (χ0v) is 12.6. The minimum absolute atomic E-state index is 0.242. The molecular weight excluding hydrogens is 306 g/mol. The minimum Gasteiger partial charge on any atom is -0.464 e. The maximum absolute atomic E-state index is 12.2. The van der Waals surface area contributed by atoms with Crippen molar-refractivity contribution in [1.29, 1.82) is 0 Å². The lowest BCUT2D eigenvalue weighted by molar-refractivity contribution is 0.0946. The Morgan fingerprint density at radius 2 is 2.12 bits per heavy atom. The first-order valence-electron chi connectivity index (χ1n) is 7.37. The fourth-order valence-electron chi connectivity index (χ4n) is 2.42. The summed E-state index contributed by atoms with van der Waals surface area (Å²) >= 11 is 0. The van der Waals surface area contributed by atoms with Gasteiger partial charge in [-0.05, 0) is 18.2 Å². The number of furan rings is 1. The van der Waals surface area contributed by atoms with E-state index in [1.54, 1.807) is 30.9 Å². The summed E-state index contributed by atoms with van der Waals surface area (Å²) < 4.78 is 6.97. The molecule has 3 aromatic heterocycles. The molecule has 0 radical (unpaired) electrons. The zero-order valence-electron chi connectivity index (χ0n) is 12.6. The summed E-state index contributed by atoms with van der Waals surface area (Å²) in [6.07, 6.45) is 6.54. The second kappa shape index (κ2) is 5.96. The molecule has 0 spiro atoms. The highest BCUT2D eigenvalue weighted by atomic mass is 16.3. The van der Waals surface area contributed by atoms with E-state index in [0.29, 0.717) is 6.54 Å². The molecule has 0 atom stereocenters. The number of benzene rings is 1. The van der Waals surface area contributed by atoms with E-state index in [-0.39, 0.29) is 11.6 Å². The molecule has 0 saturated heterocycles. The highest BCUT2D eigenvalue weighted by molar-refractivity contribution is 5.92. The molecule has 7 nitrogen and oxygen atoms in total. The van der Waals surface area contributed by atoms with Crippen molar-refractivity contribution in [1.82, 2.24) is 25.3 Å². The lowest BCUT2D eigenvalue weighted by atomic mass is 10.2. The number of amides is 1. The van der Waals surface area contributed by atoms with Crippen LogP contribution in [0.2, 0.25) is 0 Å². The molecule has 7 heteroatoms. The van der Waals surface area contributed by atoms with Crippen LogP contribution in [0.15, 0.2) is 65.7 Å². The second-order valence-corrected chi connectivity index (χ2v) is 5.20. The Labute approximate surface area is 136 Å². The van der Waals surface area contributed by atoms with Gasteiger partial charge in [-0.25, -0.2) is 4.68 Å². The number of hydrogen-bond donors (Lipinski definition) is 1. The summed E-state index contributed by atoms with van der Waals surface area (Å²) in [4.78, 5) is 16.3. The predicted molar refractivity (Wildman–Crippen MR) is 86.5 cm³/mol. The smallest absolute Gasteiger partial charge is 0.273 e. The van der Waals surface area contributed by atoms with Crippen LogP contribution in [0.4, 0.5) is 0 Å². The van der Waals surface area contributed by atoms with E-state index in [1.165, 1.54) is 4.68 Å². The number of carbonyl (C=O) groups is 1. The Balaban J connectivity index is 1.48. The van der Waals surface area contributed by atoms with Crippen molar-refractivity contribution in [3.63, 3.8) is 0 Å². The molecule has 0 fully saturated rings. The van der Waals surface area contributed by atoms with E-state index >= 15 is 0 Å². The lowest BCUT2D eigenvalue weighted by Gasteiger charge is -2.01. The number of rotatable bonds is 4. The summed E-state index contributed by atoms with van der Waals surface area (Å²) in [5.74, 6) is -0.296. The molecule has 4 rings (SSSR count). The Hall–Kier alpha value is -3.48. The van der Waals surface area contributed by atoms with Gasteiger partial charge in [-0.2, -0.15) is 0 Å². The first kappa shape index (κ1) is 14.1. The lowest BCUT2D eigenvalue weighted by Crippen LogP contribution is -2.23. The number of nitrogens with one attached hydrogen (secondary N) is 1. The van der Waals surface area contributed by atoms with Crippen LogP contribution in [-0.2, 0) is 6.54 Å². The molecule has 0 aliphatic rings. The van der Waals surface area contributed by atoms with E-state index in [1.807, 2.05) is 30.3 Å². The third-order valence-electron chi connectivity index (χ3n) is 3.64. The maximum Gasteiger partial charge on any atom is 0.273 e. The highest BCUT2D eigenvalue weighted by Crippen LogP contribution is 2.20. The van der Waals surface area contributed by atoms with Gasteiger partial charge in [0.25, 0.3) is 5.91 Å². The Morgan fingerprint density at radius 1 is 1.21 bits per heavy atom. The number of pyridine rings is 1. The largest absolute Gasteiger partial charge is 0.464 e. The molecule has 3 heterocycles. The minimum atomic E-state index is -0.296. The Bertz CT molecular complexity index is 990. The number of carbonyl (C=O) groups excluding carboxylic acids is 1. The number of aromatic nitrogens is 4. The zero-order chi connectivity index (χ0) is 16.4. The molecule has 118 valence electrons. The average Bonchev–Trinajstić information content (AvgIpc) is 3.28. The number of hydrogen-bond acceptors (Lipinski definition) is 5. The van der Waals surface area contributed by atoms with E-state index in [2.05, 4.69) is 20.6 Å². The van der Waals surface area contributed by atoms with Crippen LogP contribution in [0.25, 0.3) is 16.7 Å². The van der Waals surface area contributed by atoms with Gasteiger partial charge in [0.15, 0.2) is 5.69 Å². The molecule has 4 aromatic rings. The Kier molecular flexibility index (Phi) is 3.51. The van der Waals surface area contributed by atoms with Gasteiger partial charge in [0.2, 0.25) is 0 Å². The first-order valence-corrected chi connectivity index (χ1v) is 7.37. The summed E-state index contributed by atoms with van der Waals surface area (Å²) in [7, 11) is 0. The highest BCUT2D eigenvalue weighted by Gasteiger charge is 2.13. The second-order valence-electron chi connectivity index (χ2n) is 5.20. The third-order valence-corrected chi connectivity index (χ3v) is 3.64. The summed E-state index contributed by atoms with van der Waals surface area (Å²) in [5, 5.41) is 11.7. The van der Waals surface area contributed by atoms with Crippen molar-refractivity contribution < 1.29 is 9.21 Å². The fraction of sp³-hybridized carbons (Fsp3) is 0.0588. The molecule has 0 unspecified atom stereocenters. The van der Waals surface area contributed by atoms with Gasteiger partial charge < -0.3 is 9.73 Å². The SMILES string of the molecule is O=C(NCc1coc2ccccc12)c1cn(-c2cccnc2)nn1. The number of para-hydroxylation sites is 1. The summed E-state index contributed by atoms with van der Waals surface area (Å²) in [6.45, 7) is 0.357. The van der Waals surface area contributed by atoms with Gasteiger partial charge in [0.1, 0.15) is 5.58 Å². The van der Waals surface area contributed by atoms with Crippen LogP contribution >= 0.6 is 0 Å². The van der Waals surface area contributed by atoms with Gasteiger partial charge in [0.05, 0.1) is 24.3 Å². The van der Waals surface area contributed by atoms with E-state index < -0.39 is 0 Å². The maximum atomic E-state index is 12.2. The van der Waals surface area contributed by atoms with Crippen LogP contribution in [0.5, 0.6) is 0 Å². The van der Waals surface area contributed by atoms with Crippen LogP contribution in [0.3, 0.4) is 0 Å². The van der Waals surface area contributed by atoms with Crippen molar-refractivity contribution in [3.05, 3.63) is 72.5 Å². The van der Waals surface area contributed by atoms with E-state index in [0.717, 1.165) is 22.2 Å². The molecule has 1 amide bonds. The molecule has 24 heavy (non-hydrogen) atoms. The molecule has 0 bridgehead atoms. The molecule has 0 saturated carbocycles. The summed E-state index contributed by atoms with van der Waals surface area (Å²) in [5.41, 5.74) is 2.69. The van der Waals surface area contributed by atoms with Crippen molar-refractivity contribution in [3.8, 4) is 5.69 Å². The molecule has 1 N–H and O–H groups in total. The topological polar surface area (TPSA) is 85.8 Å². The van der Waals surface area contributed by atoms with Gasteiger partial charge in [-0.3, -0.25) is 9.78 Å². The van der Waals surface area contributed by atoms with Crippen LogP contribution in [-0.4, -0.2) is 25.9 Å². The number of nitrogens with zero attached hydrogens (tertiary/aromatic N) is 4. The van der Waals surface area contributed by atoms with Gasteiger partial charge in [0, 0.05) is 23.7 Å². The molecular formula is C17H13N5O2. The van der Waals surface area contributed by atoms with E-state index in [4.69, 9.17) is 4.42 Å². The fourth-order valence-corrected chi connectivity index (χ4v) is 2.42. The van der Waals surface area contributed by atoms with Crippen LogP contribution < -0.4 is 5.32 Å². The van der Waals surface area contributed by atoms with Gasteiger partial charge in [-0.1, -0.05) is 23.4 Å². The van der Waals surface area contributed by atoms with Crippen molar-refractivity contribution in [2.75, 3.05) is 0 Å². The van der Waals surface area contributed by atoms with E-state index in [9.17, 15) is 4.79 Å². The third kappa shape index (κ3) is 2.63.